The van der Waals surface area contributed by atoms with Crippen molar-refractivity contribution in [3.63, 3.8) is 0 Å². The number of hydrogen-bond donors (Lipinski definition) is 0. The van der Waals surface area contributed by atoms with Gasteiger partial charge in [-0.2, -0.15) is 26.3 Å². The molecule has 0 radical (unpaired) electrons. The summed E-state index contributed by atoms with van der Waals surface area (Å²) in [6.45, 7) is 1.42. The maximum Gasteiger partial charge on any atom is 0.446 e. The predicted octanol–water partition coefficient (Wildman–Crippen LogP) is 5.50. The smallest absolute Gasteiger partial charge is 0.294 e. The second-order valence-electron chi connectivity index (χ2n) is 3.53. The Hall–Kier alpha value is -0.830. The summed E-state index contributed by atoms with van der Waals surface area (Å²) in [6, 6.07) is 2.64. The van der Waals surface area contributed by atoms with Gasteiger partial charge in [-0.25, -0.2) is 0 Å². The number of alkyl halides is 6. The van der Waals surface area contributed by atoms with E-state index in [-0.39, 0.29) is 16.9 Å². The van der Waals surface area contributed by atoms with E-state index in [2.05, 4.69) is 0 Å². The second kappa shape index (κ2) is 6.30. The molecule has 0 aliphatic carbocycles. The molecule has 0 N–H and O–H groups in total. The molecule has 0 atom stereocenters. The maximum absolute atomic E-state index is 12.3. The molecule has 0 spiro atoms. The molecular formula is C11H8F6OS2. The number of ketones is 1. The van der Waals surface area contributed by atoms with Gasteiger partial charge in [-0.15, -0.1) is 0 Å². The van der Waals surface area contributed by atoms with Crippen molar-refractivity contribution in [1.29, 1.82) is 0 Å². The molecule has 0 fully saturated rings. The van der Waals surface area contributed by atoms with E-state index in [1.807, 2.05) is 0 Å². The van der Waals surface area contributed by atoms with Gasteiger partial charge in [0.05, 0.1) is 0 Å². The number of hydrogen-bond acceptors (Lipinski definition) is 3. The zero-order chi connectivity index (χ0) is 15.6. The fraction of sp³-hybridized carbons (Fsp3) is 0.364. The molecule has 0 heterocycles. The topological polar surface area (TPSA) is 17.1 Å². The van der Waals surface area contributed by atoms with Crippen molar-refractivity contribution in [3.8, 4) is 0 Å². The average molecular weight is 334 g/mol. The Morgan fingerprint density at radius 3 is 2.05 bits per heavy atom. The quantitative estimate of drug-likeness (QED) is 0.411. The molecular weight excluding hydrogens is 326 g/mol. The van der Waals surface area contributed by atoms with Crippen molar-refractivity contribution in [3.05, 3.63) is 23.8 Å². The van der Waals surface area contributed by atoms with Crippen molar-refractivity contribution in [1.82, 2.24) is 0 Å². The summed E-state index contributed by atoms with van der Waals surface area (Å²) >= 11 is -0.987. The number of thioether (sulfide) groups is 2. The summed E-state index contributed by atoms with van der Waals surface area (Å²) in [6.07, 6.45) is -0.0917. The van der Waals surface area contributed by atoms with Gasteiger partial charge in [-0.1, -0.05) is 6.92 Å². The van der Waals surface area contributed by atoms with Crippen molar-refractivity contribution >= 4 is 29.3 Å². The van der Waals surface area contributed by atoms with Crippen molar-refractivity contribution < 1.29 is 31.1 Å². The Balaban J connectivity index is 3.17. The van der Waals surface area contributed by atoms with Gasteiger partial charge in [0, 0.05) is 21.8 Å². The molecule has 0 saturated carbocycles. The molecule has 0 amide bonds. The average Bonchev–Trinajstić information content (AvgIpc) is 2.26. The van der Waals surface area contributed by atoms with Crippen LogP contribution in [0.25, 0.3) is 0 Å². The number of halogens is 6. The van der Waals surface area contributed by atoms with Crippen LogP contribution >= 0.6 is 23.5 Å². The van der Waals surface area contributed by atoms with Crippen LogP contribution in [0.3, 0.4) is 0 Å². The van der Waals surface area contributed by atoms with Gasteiger partial charge in [0.1, 0.15) is 0 Å². The highest BCUT2D eigenvalue weighted by Gasteiger charge is 2.33. The highest BCUT2D eigenvalue weighted by molar-refractivity contribution is 8.00. The fourth-order valence-corrected chi connectivity index (χ4v) is 2.58. The lowest BCUT2D eigenvalue weighted by Crippen LogP contribution is -2.06. The van der Waals surface area contributed by atoms with Gasteiger partial charge in [-0.3, -0.25) is 4.79 Å². The van der Waals surface area contributed by atoms with E-state index in [4.69, 9.17) is 0 Å². The minimum absolute atomic E-state index is 0.0917. The van der Waals surface area contributed by atoms with Gasteiger partial charge >= 0.3 is 11.0 Å². The summed E-state index contributed by atoms with van der Waals surface area (Å²) in [7, 11) is 0. The van der Waals surface area contributed by atoms with E-state index in [1.165, 1.54) is 6.92 Å². The molecule has 0 aromatic heterocycles. The molecule has 112 valence electrons. The lowest BCUT2D eigenvalue weighted by atomic mass is 10.1. The SMILES string of the molecule is CCC(=O)c1cc(SC(F)(F)F)ccc1SC(F)(F)F. The number of Topliss-reactive ketones (excluding diaryl/α,β-unsaturated/α-hetero) is 1. The Kier molecular flexibility index (Phi) is 5.42. The zero-order valence-electron chi connectivity index (χ0n) is 9.93. The molecule has 0 aliphatic rings. The third kappa shape index (κ3) is 5.66. The van der Waals surface area contributed by atoms with E-state index in [1.54, 1.807) is 0 Å². The maximum atomic E-state index is 12.3. The van der Waals surface area contributed by atoms with Gasteiger partial charge in [0.2, 0.25) is 0 Å². The number of rotatable bonds is 4. The van der Waals surface area contributed by atoms with Crippen LogP contribution < -0.4 is 0 Å². The summed E-state index contributed by atoms with van der Waals surface area (Å²) in [4.78, 5) is 10.9. The van der Waals surface area contributed by atoms with Crippen LogP contribution in [0.4, 0.5) is 26.3 Å². The van der Waals surface area contributed by atoms with Gasteiger partial charge in [0.25, 0.3) is 0 Å². The van der Waals surface area contributed by atoms with E-state index in [0.29, 0.717) is 0 Å². The molecule has 1 nitrogen and oxygen atoms in total. The van der Waals surface area contributed by atoms with Gasteiger partial charge in [-0.05, 0) is 41.7 Å². The summed E-state index contributed by atoms with van der Waals surface area (Å²) < 4.78 is 73.6. The van der Waals surface area contributed by atoms with Crippen LogP contribution in [0.1, 0.15) is 23.7 Å². The molecule has 1 aromatic rings. The standard InChI is InChI=1S/C11H8F6OS2/c1-2-8(18)7-5-6(19-10(12,13)14)3-4-9(7)20-11(15,16)17/h3-5H,2H2,1H3. The third-order valence-electron chi connectivity index (χ3n) is 2.03. The largest absolute Gasteiger partial charge is 0.446 e. The highest BCUT2D eigenvalue weighted by Crippen LogP contribution is 2.42. The first-order chi connectivity index (χ1) is 9.02. The van der Waals surface area contributed by atoms with Crippen LogP contribution in [0.2, 0.25) is 0 Å². The molecule has 0 aliphatic heterocycles. The van der Waals surface area contributed by atoms with Crippen LogP contribution in [0.15, 0.2) is 28.0 Å². The minimum atomic E-state index is -4.61. The Morgan fingerprint density at radius 1 is 1.05 bits per heavy atom. The summed E-state index contributed by atoms with van der Waals surface area (Å²) in [5.41, 5.74) is -9.52. The fourth-order valence-electron chi connectivity index (χ4n) is 1.33. The van der Waals surface area contributed by atoms with Crippen LogP contribution in [0.5, 0.6) is 0 Å². The zero-order valence-corrected chi connectivity index (χ0v) is 11.6. The van der Waals surface area contributed by atoms with Crippen LogP contribution in [-0.2, 0) is 0 Å². The number of carbonyl (C=O) groups is 1. The molecule has 1 aromatic carbocycles. The Bertz CT molecular complexity index is 495. The molecule has 0 unspecified atom stereocenters. The molecule has 0 saturated heterocycles. The Morgan fingerprint density at radius 2 is 1.60 bits per heavy atom. The molecule has 1 rings (SSSR count). The monoisotopic (exact) mass is 334 g/mol. The van der Waals surface area contributed by atoms with Crippen molar-refractivity contribution in [2.24, 2.45) is 0 Å². The third-order valence-corrected chi connectivity index (χ3v) is 3.56. The van der Waals surface area contributed by atoms with Gasteiger partial charge in [0.15, 0.2) is 5.78 Å². The van der Waals surface area contributed by atoms with E-state index in [0.717, 1.165) is 18.2 Å². The predicted molar refractivity (Wildman–Crippen MR) is 64.9 cm³/mol. The van der Waals surface area contributed by atoms with E-state index >= 15 is 0 Å². The highest BCUT2D eigenvalue weighted by atomic mass is 32.2. The van der Waals surface area contributed by atoms with Crippen molar-refractivity contribution in [2.75, 3.05) is 0 Å². The van der Waals surface area contributed by atoms with Crippen LogP contribution in [0, 0.1) is 0 Å². The molecule has 0 bridgehead atoms. The van der Waals surface area contributed by atoms with E-state index in [9.17, 15) is 31.1 Å². The lowest BCUT2D eigenvalue weighted by Gasteiger charge is -2.12. The first-order valence-electron chi connectivity index (χ1n) is 5.20. The van der Waals surface area contributed by atoms with Crippen molar-refractivity contribution in [2.45, 2.75) is 34.2 Å². The molecule has 20 heavy (non-hydrogen) atoms. The number of benzene rings is 1. The summed E-state index contributed by atoms with van der Waals surface area (Å²) in [5.74, 6) is -0.638. The lowest BCUT2D eigenvalue weighted by molar-refractivity contribution is -0.0338. The summed E-state index contributed by atoms with van der Waals surface area (Å²) in [5, 5.41) is 0. The first kappa shape index (κ1) is 17.2. The van der Waals surface area contributed by atoms with Gasteiger partial charge < -0.3 is 0 Å². The minimum Gasteiger partial charge on any atom is -0.294 e. The number of carbonyl (C=O) groups excluding carboxylic acids is 1. The normalized spacial score (nSPS) is 12.6. The first-order valence-corrected chi connectivity index (χ1v) is 6.84. The second-order valence-corrected chi connectivity index (χ2v) is 5.78. The van der Waals surface area contributed by atoms with Crippen LogP contribution in [-0.4, -0.2) is 16.8 Å². The molecule has 9 heteroatoms. The van der Waals surface area contributed by atoms with E-state index < -0.39 is 45.2 Å². The Labute approximate surface area is 119 Å².